The predicted molar refractivity (Wildman–Crippen MR) is 76.8 cm³/mol. The Morgan fingerprint density at radius 2 is 2.16 bits per heavy atom. The first-order valence-corrected chi connectivity index (χ1v) is 7.02. The van der Waals surface area contributed by atoms with Crippen molar-refractivity contribution in [1.29, 1.82) is 0 Å². The van der Waals surface area contributed by atoms with Gasteiger partial charge in [-0.1, -0.05) is 13.0 Å². The Morgan fingerprint density at radius 1 is 1.42 bits per heavy atom. The minimum atomic E-state index is -0.280. The van der Waals surface area contributed by atoms with Crippen molar-refractivity contribution in [2.45, 2.75) is 32.7 Å². The molecule has 2 N–H and O–H groups in total. The lowest BCUT2D eigenvalue weighted by Gasteiger charge is -2.11. The Morgan fingerprint density at radius 3 is 2.79 bits per heavy atom. The first-order valence-electron chi connectivity index (χ1n) is 6.23. The number of nitrogens with zero attached hydrogens (tertiary/aromatic N) is 1. The lowest BCUT2D eigenvalue weighted by Crippen LogP contribution is -2.35. The SMILES string of the molecule is CCC(C)NC(=O)CCNC(=O)c1cccc(Br)n1. The van der Waals surface area contributed by atoms with Gasteiger partial charge in [0.1, 0.15) is 10.3 Å². The van der Waals surface area contributed by atoms with E-state index in [-0.39, 0.29) is 24.3 Å². The maximum absolute atomic E-state index is 11.7. The van der Waals surface area contributed by atoms with Crippen LogP contribution in [0, 0.1) is 0 Å². The normalized spacial score (nSPS) is 11.7. The van der Waals surface area contributed by atoms with Crippen molar-refractivity contribution < 1.29 is 9.59 Å². The molecule has 6 heteroatoms. The quantitative estimate of drug-likeness (QED) is 0.783. The van der Waals surface area contributed by atoms with E-state index in [0.717, 1.165) is 6.42 Å². The Balaban J connectivity index is 2.33. The molecule has 0 bridgehead atoms. The molecule has 1 heterocycles. The number of pyridine rings is 1. The summed E-state index contributed by atoms with van der Waals surface area (Å²) in [5.74, 6) is -0.338. The molecule has 2 amide bonds. The second-order valence-electron chi connectivity index (χ2n) is 4.23. The van der Waals surface area contributed by atoms with Gasteiger partial charge in [0.2, 0.25) is 5.91 Å². The van der Waals surface area contributed by atoms with E-state index < -0.39 is 0 Å². The van der Waals surface area contributed by atoms with Crippen LogP contribution in [0.2, 0.25) is 0 Å². The Hall–Kier alpha value is -1.43. The summed E-state index contributed by atoms with van der Waals surface area (Å²) in [6, 6.07) is 5.27. The second kappa shape index (κ2) is 7.89. The van der Waals surface area contributed by atoms with Crippen LogP contribution in [0.3, 0.4) is 0 Å². The molecule has 0 aliphatic rings. The van der Waals surface area contributed by atoms with Crippen molar-refractivity contribution in [3.63, 3.8) is 0 Å². The molecule has 1 aromatic heterocycles. The molecule has 0 radical (unpaired) electrons. The number of hydrogen-bond donors (Lipinski definition) is 2. The number of carbonyl (C=O) groups excluding carboxylic acids is 2. The fraction of sp³-hybridized carbons (Fsp3) is 0.462. The van der Waals surface area contributed by atoms with Crippen LogP contribution in [0.1, 0.15) is 37.2 Å². The van der Waals surface area contributed by atoms with Gasteiger partial charge in [0.05, 0.1) is 0 Å². The summed E-state index contributed by atoms with van der Waals surface area (Å²) in [5, 5.41) is 5.50. The third-order valence-corrected chi connectivity index (χ3v) is 3.05. The average molecular weight is 328 g/mol. The summed E-state index contributed by atoms with van der Waals surface area (Å²) in [5.41, 5.74) is 0.330. The van der Waals surface area contributed by atoms with Gasteiger partial charge in [0, 0.05) is 19.0 Å². The van der Waals surface area contributed by atoms with Crippen LogP contribution in [0.4, 0.5) is 0 Å². The third-order valence-electron chi connectivity index (χ3n) is 2.61. The molecule has 104 valence electrons. The van der Waals surface area contributed by atoms with E-state index in [2.05, 4.69) is 31.5 Å². The molecule has 1 atom stereocenters. The van der Waals surface area contributed by atoms with E-state index in [4.69, 9.17) is 0 Å². The molecule has 0 saturated carbocycles. The molecule has 0 spiro atoms. The standard InChI is InChI=1S/C13H18BrN3O2/c1-3-9(2)16-12(18)7-8-15-13(19)10-5-4-6-11(14)17-10/h4-6,9H,3,7-8H2,1-2H3,(H,15,19)(H,16,18). The molecule has 19 heavy (non-hydrogen) atoms. The predicted octanol–water partition coefficient (Wildman–Crippen LogP) is 1.88. The van der Waals surface area contributed by atoms with Gasteiger partial charge in [-0.15, -0.1) is 0 Å². The van der Waals surface area contributed by atoms with Crippen molar-refractivity contribution in [3.8, 4) is 0 Å². The Labute approximate surface area is 121 Å². The molecule has 1 rings (SSSR count). The van der Waals surface area contributed by atoms with Gasteiger partial charge >= 0.3 is 0 Å². The van der Waals surface area contributed by atoms with Gasteiger partial charge in [0.15, 0.2) is 0 Å². The molecular weight excluding hydrogens is 310 g/mol. The zero-order valence-corrected chi connectivity index (χ0v) is 12.7. The number of halogens is 1. The number of aromatic nitrogens is 1. The topological polar surface area (TPSA) is 71.1 Å². The summed E-state index contributed by atoms with van der Waals surface area (Å²) < 4.78 is 0.606. The Bertz CT molecular complexity index is 451. The van der Waals surface area contributed by atoms with Crippen LogP contribution >= 0.6 is 15.9 Å². The first kappa shape index (κ1) is 15.6. The van der Waals surface area contributed by atoms with Crippen LogP contribution in [0.15, 0.2) is 22.8 Å². The van der Waals surface area contributed by atoms with Gasteiger partial charge < -0.3 is 10.6 Å². The van der Waals surface area contributed by atoms with Crippen LogP contribution in [0.5, 0.6) is 0 Å². The van der Waals surface area contributed by atoms with Crippen LogP contribution in [0.25, 0.3) is 0 Å². The molecule has 0 saturated heterocycles. The van der Waals surface area contributed by atoms with Crippen molar-refractivity contribution in [2.75, 3.05) is 6.54 Å². The number of rotatable bonds is 6. The van der Waals surface area contributed by atoms with E-state index in [9.17, 15) is 9.59 Å². The molecule has 0 aliphatic heterocycles. The largest absolute Gasteiger partial charge is 0.354 e. The second-order valence-corrected chi connectivity index (χ2v) is 5.04. The highest BCUT2D eigenvalue weighted by Gasteiger charge is 2.09. The summed E-state index contributed by atoms with van der Waals surface area (Å²) in [6.07, 6.45) is 1.16. The van der Waals surface area contributed by atoms with Crippen molar-refractivity contribution in [3.05, 3.63) is 28.5 Å². The van der Waals surface area contributed by atoms with Gasteiger partial charge in [-0.25, -0.2) is 4.98 Å². The third kappa shape index (κ3) is 5.83. The van der Waals surface area contributed by atoms with Gasteiger partial charge in [-0.05, 0) is 41.4 Å². The highest BCUT2D eigenvalue weighted by atomic mass is 79.9. The van der Waals surface area contributed by atoms with E-state index in [0.29, 0.717) is 16.8 Å². The molecular formula is C13H18BrN3O2. The van der Waals surface area contributed by atoms with Gasteiger partial charge in [-0.2, -0.15) is 0 Å². The molecule has 0 aromatic carbocycles. The summed E-state index contributed by atoms with van der Waals surface area (Å²) in [7, 11) is 0. The zero-order chi connectivity index (χ0) is 14.3. The highest BCUT2D eigenvalue weighted by Crippen LogP contribution is 2.05. The van der Waals surface area contributed by atoms with Gasteiger partial charge in [-0.3, -0.25) is 9.59 Å². The monoisotopic (exact) mass is 327 g/mol. The molecule has 1 unspecified atom stereocenters. The van der Waals surface area contributed by atoms with Gasteiger partial charge in [0.25, 0.3) is 5.91 Å². The smallest absolute Gasteiger partial charge is 0.269 e. The number of nitrogens with one attached hydrogen (secondary N) is 2. The molecule has 1 aromatic rings. The van der Waals surface area contributed by atoms with Crippen LogP contribution < -0.4 is 10.6 Å². The first-order chi connectivity index (χ1) is 9.02. The fourth-order valence-corrected chi connectivity index (χ4v) is 1.71. The Kier molecular flexibility index (Phi) is 6.49. The average Bonchev–Trinajstić information content (AvgIpc) is 2.38. The van der Waals surface area contributed by atoms with Crippen molar-refractivity contribution in [2.24, 2.45) is 0 Å². The molecule has 5 nitrogen and oxygen atoms in total. The molecule has 0 fully saturated rings. The van der Waals surface area contributed by atoms with E-state index in [1.54, 1.807) is 18.2 Å². The summed E-state index contributed by atoms with van der Waals surface area (Å²) in [6.45, 7) is 4.25. The summed E-state index contributed by atoms with van der Waals surface area (Å²) >= 11 is 3.20. The summed E-state index contributed by atoms with van der Waals surface area (Å²) in [4.78, 5) is 27.3. The minimum absolute atomic E-state index is 0.0585. The fourth-order valence-electron chi connectivity index (χ4n) is 1.36. The number of amides is 2. The van der Waals surface area contributed by atoms with E-state index in [1.165, 1.54) is 0 Å². The molecule has 0 aliphatic carbocycles. The van der Waals surface area contributed by atoms with Crippen LogP contribution in [-0.4, -0.2) is 29.4 Å². The van der Waals surface area contributed by atoms with Crippen LogP contribution in [-0.2, 0) is 4.79 Å². The number of carbonyl (C=O) groups is 2. The maximum Gasteiger partial charge on any atom is 0.269 e. The maximum atomic E-state index is 11.7. The zero-order valence-electron chi connectivity index (χ0n) is 11.1. The van der Waals surface area contributed by atoms with E-state index in [1.807, 2.05) is 13.8 Å². The van der Waals surface area contributed by atoms with Crippen molar-refractivity contribution in [1.82, 2.24) is 15.6 Å². The van der Waals surface area contributed by atoms with E-state index >= 15 is 0 Å². The minimum Gasteiger partial charge on any atom is -0.354 e. The highest BCUT2D eigenvalue weighted by molar-refractivity contribution is 9.10. The van der Waals surface area contributed by atoms with Crippen molar-refractivity contribution >= 4 is 27.7 Å². The number of hydrogen-bond acceptors (Lipinski definition) is 3. The lowest BCUT2D eigenvalue weighted by molar-refractivity contribution is -0.121. The lowest BCUT2D eigenvalue weighted by atomic mass is 10.2.